The number of aliphatic imine (C=N–C) groups is 1. The van der Waals surface area contributed by atoms with Crippen molar-refractivity contribution in [2.75, 3.05) is 26.3 Å². The minimum absolute atomic E-state index is 0.477. The summed E-state index contributed by atoms with van der Waals surface area (Å²) in [7, 11) is 1.96. The number of H-pyrrole nitrogens is 1. The summed E-state index contributed by atoms with van der Waals surface area (Å²) in [5.41, 5.74) is 3.80. The number of hydrogen-bond donors (Lipinski definition) is 3. The van der Waals surface area contributed by atoms with E-state index in [0.717, 1.165) is 56.8 Å². The maximum Gasteiger partial charge on any atom is 0.191 e. The van der Waals surface area contributed by atoms with E-state index in [-0.39, 0.29) is 0 Å². The second-order valence-corrected chi connectivity index (χ2v) is 7.35. The van der Waals surface area contributed by atoms with E-state index in [1.54, 1.807) is 0 Å². The molecule has 1 aromatic carbocycles. The number of ether oxygens (including phenoxy) is 1. The summed E-state index contributed by atoms with van der Waals surface area (Å²) < 4.78 is 7.38. The van der Waals surface area contributed by atoms with E-state index in [1.165, 1.54) is 22.0 Å². The number of benzene rings is 1. The zero-order chi connectivity index (χ0) is 21.3. The molecular formula is C22H33N7O. The van der Waals surface area contributed by atoms with E-state index in [2.05, 4.69) is 57.1 Å². The molecule has 8 nitrogen and oxygen atoms in total. The molecule has 0 bridgehead atoms. The second kappa shape index (κ2) is 10.8. The third-order valence-electron chi connectivity index (χ3n) is 5.21. The van der Waals surface area contributed by atoms with E-state index in [0.29, 0.717) is 6.54 Å². The fourth-order valence-electron chi connectivity index (χ4n) is 3.40. The summed E-state index contributed by atoms with van der Waals surface area (Å²) in [5, 5.41) is 16.5. The van der Waals surface area contributed by atoms with E-state index in [1.807, 2.05) is 25.5 Å². The number of guanidine groups is 1. The van der Waals surface area contributed by atoms with Crippen LogP contribution in [0.15, 0.2) is 29.4 Å². The zero-order valence-electron chi connectivity index (χ0n) is 18.5. The maximum absolute atomic E-state index is 5.42. The van der Waals surface area contributed by atoms with Crippen LogP contribution in [-0.2, 0) is 24.8 Å². The molecular weight excluding hydrogens is 378 g/mol. The van der Waals surface area contributed by atoms with Crippen LogP contribution < -0.4 is 10.6 Å². The third kappa shape index (κ3) is 5.60. The summed E-state index contributed by atoms with van der Waals surface area (Å²) >= 11 is 0. The monoisotopic (exact) mass is 411 g/mol. The van der Waals surface area contributed by atoms with Crippen LogP contribution in [-0.4, -0.2) is 52.0 Å². The summed E-state index contributed by atoms with van der Waals surface area (Å²) in [4.78, 5) is 8.08. The topological polar surface area (TPSA) is 92.2 Å². The lowest BCUT2D eigenvalue weighted by Gasteiger charge is -2.13. The van der Waals surface area contributed by atoms with Crippen LogP contribution in [0.4, 0.5) is 0 Å². The molecule has 30 heavy (non-hydrogen) atoms. The summed E-state index contributed by atoms with van der Waals surface area (Å²) in [5.74, 6) is 2.51. The molecule has 0 radical (unpaired) electrons. The van der Waals surface area contributed by atoms with Crippen molar-refractivity contribution in [1.29, 1.82) is 0 Å². The number of aryl methyl sites for hydroxylation is 2. The smallest absolute Gasteiger partial charge is 0.191 e. The van der Waals surface area contributed by atoms with Gasteiger partial charge in [-0.15, -0.1) is 10.2 Å². The standard InChI is InChI=1S/C22H33N7O/c1-5-30-13-7-11-23-22(26-15-20-28-27-17(3)29(20)4)24-12-10-18-14-25-19-9-6-8-16(2)21(18)19/h6,8-9,14,25H,5,7,10-13,15H2,1-4H3,(H2,23,24,26). The second-order valence-electron chi connectivity index (χ2n) is 7.35. The van der Waals surface area contributed by atoms with Crippen molar-refractivity contribution in [2.45, 2.75) is 40.2 Å². The van der Waals surface area contributed by atoms with Crippen molar-refractivity contribution in [3.8, 4) is 0 Å². The summed E-state index contributed by atoms with van der Waals surface area (Å²) in [6.45, 7) is 9.66. The fraction of sp³-hybridized carbons (Fsp3) is 0.500. The Hall–Kier alpha value is -2.87. The largest absolute Gasteiger partial charge is 0.382 e. The lowest BCUT2D eigenvalue weighted by atomic mass is 10.1. The minimum Gasteiger partial charge on any atom is -0.382 e. The van der Waals surface area contributed by atoms with Crippen molar-refractivity contribution in [3.05, 3.63) is 47.2 Å². The average Bonchev–Trinajstić information content (AvgIpc) is 3.30. The Balaban J connectivity index is 1.60. The fourth-order valence-corrected chi connectivity index (χ4v) is 3.40. The molecule has 8 heteroatoms. The van der Waals surface area contributed by atoms with Crippen LogP contribution in [0.2, 0.25) is 0 Å². The third-order valence-corrected chi connectivity index (χ3v) is 5.21. The van der Waals surface area contributed by atoms with Crippen LogP contribution in [0.1, 0.15) is 36.1 Å². The van der Waals surface area contributed by atoms with Gasteiger partial charge in [0, 0.05) is 50.5 Å². The number of rotatable bonds is 10. The number of nitrogens with one attached hydrogen (secondary N) is 3. The van der Waals surface area contributed by atoms with E-state index < -0.39 is 0 Å². The first-order chi connectivity index (χ1) is 14.6. The van der Waals surface area contributed by atoms with Crippen molar-refractivity contribution >= 4 is 16.9 Å². The highest BCUT2D eigenvalue weighted by molar-refractivity contribution is 5.86. The first-order valence-electron chi connectivity index (χ1n) is 10.6. The summed E-state index contributed by atoms with van der Waals surface area (Å²) in [6, 6.07) is 6.36. The number of fused-ring (bicyclic) bond motifs is 1. The molecule has 0 aliphatic carbocycles. The van der Waals surface area contributed by atoms with Gasteiger partial charge in [-0.1, -0.05) is 12.1 Å². The lowest BCUT2D eigenvalue weighted by Crippen LogP contribution is -2.39. The molecule has 0 amide bonds. The predicted molar refractivity (Wildman–Crippen MR) is 121 cm³/mol. The first kappa shape index (κ1) is 21.8. The molecule has 0 atom stereocenters. The Morgan fingerprint density at radius 3 is 2.80 bits per heavy atom. The van der Waals surface area contributed by atoms with Gasteiger partial charge in [0.25, 0.3) is 0 Å². The minimum atomic E-state index is 0.477. The molecule has 3 rings (SSSR count). The molecule has 0 saturated heterocycles. The van der Waals surface area contributed by atoms with Gasteiger partial charge in [0.1, 0.15) is 12.4 Å². The highest BCUT2D eigenvalue weighted by atomic mass is 16.5. The van der Waals surface area contributed by atoms with Crippen LogP contribution in [0, 0.1) is 13.8 Å². The number of nitrogens with zero attached hydrogens (tertiary/aromatic N) is 4. The molecule has 162 valence electrons. The molecule has 3 aromatic rings. The Labute approximate surface area is 178 Å². The van der Waals surface area contributed by atoms with Gasteiger partial charge in [-0.2, -0.15) is 0 Å². The van der Waals surface area contributed by atoms with Crippen LogP contribution in [0.5, 0.6) is 0 Å². The maximum atomic E-state index is 5.42. The Morgan fingerprint density at radius 1 is 1.20 bits per heavy atom. The van der Waals surface area contributed by atoms with Crippen LogP contribution in [0.25, 0.3) is 10.9 Å². The first-order valence-corrected chi connectivity index (χ1v) is 10.6. The highest BCUT2D eigenvalue weighted by Gasteiger charge is 2.08. The van der Waals surface area contributed by atoms with Gasteiger partial charge in [-0.3, -0.25) is 0 Å². The van der Waals surface area contributed by atoms with Gasteiger partial charge in [0.2, 0.25) is 0 Å². The van der Waals surface area contributed by atoms with E-state index in [9.17, 15) is 0 Å². The Bertz CT molecular complexity index is 973. The number of aromatic nitrogens is 4. The SMILES string of the molecule is CCOCCCNC(=NCc1nnc(C)n1C)NCCc1c[nH]c2cccc(C)c12. The van der Waals surface area contributed by atoms with E-state index >= 15 is 0 Å². The Morgan fingerprint density at radius 2 is 2.03 bits per heavy atom. The number of hydrogen-bond acceptors (Lipinski definition) is 4. The van der Waals surface area contributed by atoms with Gasteiger partial charge in [0.15, 0.2) is 11.8 Å². The molecule has 0 aliphatic rings. The van der Waals surface area contributed by atoms with Gasteiger partial charge in [-0.05, 0) is 50.8 Å². The quantitative estimate of drug-likeness (QED) is 0.271. The molecule has 2 aromatic heterocycles. The van der Waals surface area contributed by atoms with Gasteiger partial charge < -0.3 is 24.9 Å². The molecule has 0 unspecified atom stereocenters. The van der Waals surface area contributed by atoms with Crippen molar-refractivity contribution < 1.29 is 4.74 Å². The molecule has 0 fully saturated rings. The summed E-state index contributed by atoms with van der Waals surface area (Å²) in [6.07, 6.45) is 3.95. The van der Waals surface area contributed by atoms with Crippen molar-refractivity contribution in [1.82, 2.24) is 30.4 Å². The average molecular weight is 412 g/mol. The van der Waals surface area contributed by atoms with Crippen molar-refractivity contribution in [3.63, 3.8) is 0 Å². The van der Waals surface area contributed by atoms with Crippen molar-refractivity contribution in [2.24, 2.45) is 12.0 Å². The van der Waals surface area contributed by atoms with Gasteiger partial charge >= 0.3 is 0 Å². The van der Waals surface area contributed by atoms with Gasteiger partial charge in [-0.25, -0.2) is 4.99 Å². The lowest BCUT2D eigenvalue weighted by molar-refractivity contribution is 0.145. The Kier molecular flexibility index (Phi) is 7.84. The molecule has 3 N–H and O–H groups in total. The number of aromatic amines is 1. The molecule has 2 heterocycles. The van der Waals surface area contributed by atoms with Crippen LogP contribution >= 0.6 is 0 Å². The highest BCUT2D eigenvalue weighted by Crippen LogP contribution is 2.22. The van der Waals surface area contributed by atoms with E-state index in [4.69, 9.17) is 9.73 Å². The van der Waals surface area contributed by atoms with Crippen LogP contribution in [0.3, 0.4) is 0 Å². The molecule has 0 spiro atoms. The van der Waals surface area contributed by atoms with Gasteiger partial charge in [0.05, 0.1) is 0 Å². The predicted octanol–water partition coefficient (Wildman–Crippen LogP) is 2.62. The molecule has 0 saturated carbocycles. The molecule has 0 aliphatic heterocycles. The normalized spacial score (nSPS) is 11.9. The zero-order valence-corrected chi connectivity index (χ0v) is 18.5.